The number of aliphatic hydroxyl groups excluding tert-OH is 1. The van der Waals surface area contributed by atoms with Crippen molar-refractivity contribution in [3.8, 4) is 0 Å². The minimum Gasteiger partial charge on any atom is -0.390 e. The molecule has 3 rings (SSSR count). The average Bonchev–Trinajstić information content (AvgIpc) is 3.09. The summed E-state index contributed by atoms with van der Waals surface area (Å²) in [5, 5.41) is 16.1. The van der Waals surface area contributed by atoms with Crippen LogP contribution in [0.25, 0.3) is 11.2 Å². The molecule has 0 radical (unpaired) electrons. The van der Waals surface area contributed by atoms with Crippen LogP contribution in [0.2, 0.25) is 0 Å². The van der Waals surface area contributed by atoms with Gasteiger partial charge in [-0.15, -0.1) is 0 Å². The van der Waals surface area contributed by atoms with Crippen molar-refractivity contribution in [1.29, 1.82) is 0 Å². The van der Waals surface area contributed by atoms with Gasteiger partial charge >= 0.3 is 0 Å². The first-order valence-electron chi connectivity index (χ1n) is 8.73. The second-order valence-electron chi connectivity index (χ2n) is 6.42. The zero-order valence-electron chi connectivity index (χ0n) is 15.1. The number of nitrogens with one attached hydrogen (secondary N) is 2. The molecule has 0 aliphatic heterocycles. The van der Waals surface area contributed by atoms with Crippen LogP contribution in [-0.4, -0.2) is 43.8 Å². The van der Waals surface area contributed by atoms with Gasteiger partial charge < -0.3 is 26.0 Å². The van der Waals surface area contributed by atoms with Gasteiger partial charge in [0.25, 0.3) is 0 Å². The topological polar surface area (TPSA) is 114 Å². The van der Waals surface area contributed by atoms with Crippen LogP contribution in [0.1, 0.15) is 25.5 Å². The zero-order valence-corrected chi connectivity index (χ0v) is 15.1. The molecule has 5 N–H and O–H groups in total. The largest absolute Gasteiger partial charge is 0.390 e. The summed E-state index contributed by atoms with van der Waals surface area (Å²) in [6.45, 7) is 5.25. The van der Waals surface area contributed by atoms with Crippen LogP contribution >= 0.6 is 0 Å². The van der Waals surface area contributed by atoms with Crippen molar-refractivity contribution in [2.24, 2.45) is 5.73 Å². The van der Waals surface area contributed by atoms with Gasteiger partial charge in [0.2, 0.25) is 5.95 Å². The van der Waals surface area contributed by atoms with E-state index in [2.05, 4.69) is 51.6 Å². The summed E-state index contributed by atoms with van der Waals surface area (Å²) in [4.78, 5) is 13.6. The Bertz CT molecular complexity index is 847. The fourth-order valence-corrected chi connectivity index (χ4v) is 2.57. The summed E-state index contributed by atoms with van der Waals surface area (Å²) < 4.78 is 2.00. The third kappa shape index (κ3) is 4.09. The maximum absolute atomic E-state index is 9.68. The van der Waals surface area contributed by atoms with E-state index in [4.69, 9.17) is 5.73 Å². The molecule has 0 saturated heterocycles. The molecule has 2 heterocycles. The third-order valence-corrected chi connectivity index (χ3v) is 4.05. The summed E-state index contributed by atoms with van der Waals surface area (Å²) in [7, 11) is 0. The van der Waals surface area contributed by atoms with Crippen molar-refractivity contribution in [2.45, 2.75) is 32.5 Å². The molecule has 138 valence electrons. The highest BCUT2D eigenvalue weighted by Crippen LogP contribution is 2.23. The lowest BCUT2D eigenvalue weighted by atomic mass is 10.2. The number of imidazole rings is 1. The normalized spacial score (nSPS) is 12.5. The Balaban J connectivity index is 1.91. The van der Waals surface area contributed by atoms with Gasteiger partial charge in [0.05, 0.1) is 12.4 Å². The molecule has 2 aromatic heterocycles. The first-order valence-corrected chi connectivity index (χ1v) is 8.73. The molecule has 8 nitrogen and oxygen atoms in total. The second kappa shape index (κ2) is 8.11. The zero-order chi connectivity index (χ0) is 18.5. The van der Waals surface area contributed by atoms with Gasteiger partial charge in [-0.3, -0.25) is 0 Å². The van der Waals surface area contributed by atoms with E-state index in [1.165, 1.54) is 0 Å². The lowest BCUT2D eigenvalue weighted by Crippen LogP contribution is -2.28. The SMILES string of the molecule is CC(C)n1cnc2c(NCc3ccccc3)nc(NC[C@H](O)CN)nc21. The number of nitrogens with zero attached hydrogens (tertiary/aromatic N) is 4. The molecule has 0 amide bonds. The fraction of sp³-hybridized carbons (Fsp3) is 0.389. The predicted octanol–water partition coefficient (Wildman–Crippen LogP) is 1.75. The molecule has 0 spiro atoms. The number of rotatable bonds is 8. The average molecular weight is 355 g/mol. The molecule has 8 heteroatoms. The Labute approximate surface area is 152 Å². The molecule has 1 atom stereocenters. The minimum atomic E-state index is -0.648. The van der Waals surface area contributed by atoms with Crippen LogP contribution in [0.3, 0.4) is 0 Å². The number of benzene rings is 1. The van der Waals surface area contributed by atoms with E-state index in [1.807, 2.05) is 22.8 Å². The molecular weight excluding hydrogens is 330 g/mol. The molecular formula is C18H25N7O. The lowest BCUT2D eigenvalue weighted by molar-refractivity contribution is 0.196. The van der Waals surface area contributed by atoms with Gasteiger partial charge in [-0.1, -0.05) is 30.3 Å². The van der Waals surface area contributed by atoms with Crippen molar-refractivity contribution in [3.05, 3.63) is 42.2 Å². The van der Waals surface area contributed by atoms with E-state index < -0.39 is 6.10 Å². The van der Waals surface area contributed by atoms with Gasteiger partial charge in [0, 0.05) is 25.7 Å². The summed E-state index contributed by atoms with van der Waals surface area (Å²) in [5.41, 5.74) is 8.07. The number of aromatic nitrogens is 4. The third-order valence-electron chi connectivity index (χ3n) is 4.05. The Morgan fingerprint density at radius 2 is 1.92 bits per heavy atom. The Morgan fingerprint density at radius 3 is 2.62 bits per heavy atom. The highest BCUT2D eigenvalue weighted by Gasteiger charge is 2.15. The summed E-state index contributed by atoms with van der Waals surface area (Å²) in [6, 6.07) is 10.3. The standard InChI is InChI=1S/C18H25N7O/c1-12(2)25-11-22-15-16(20-9-13-6-4-3-5-7-13)23-18(24-17(15)25)21-10-14(26)8-19/h3-7,11-12,14,26H,8-10,19H2,1-2H3,(H2,20,21,23,24)/t14-/m1/s1. The Hall–Kier alpha value is -2.71. The molecule has 0 bridgehead atoms. The van der Waals surface area contributed by atoms with Crippen molar-refractivity contribution >= 4 is 22.9 Å². The lowest BCUT2D eigenvalue weighted by Gasteiger charge is -2.13. The first-order chi connectivity index (χ1) is 12.6. The van der Waals surface area contributed by atoms with Crippen molar-refractivity contribution in [2.75, 3.05) is 23.7 Å². The van der Waals surface area contributed by atoms with E-state index in [1.54, 1.807) is 6.33 Å². The first kappa shape index (κ1) is 18.1. The van der Waals surface area contributed by atoms with Gasteiger partial charge in [-0.25, -0.2) is 4.98 Å². The van der Waals surface area contributed by atoms with E-state index in [-0.39, 0.29) is 19.1 Å². The number of aliphatic hydroxyl groups is 1. The molecule has 0 unspecified atom stereocenters. The molecule has 26 heavy (non-hydrogen) atoms. The predicted molar refractivity (Wildman–Crippen MR) is 103 cm³/mol. The van der Waals surface area contributed by atoms with Crippen molar-refractivity contribution in [1.82, 2.24) is 19.5 Å². The fourth-order valence-electron chi connectivity index (χ4n) is 2.57. The maximum Gasteiger partial charge on any atom is 0.226 e. The van der Waals surface area contributed by atoms with Crippen LogP contribution in [-0.2, 0) is 6.54 Å². The molecule has 3 aromatic rings. The van der Waals surface area contributed by atoms with E-state index >= 15 is 0 Å². The summed E-state index contributed by atoms with van der Waals surface area (Å²) >= 11 is 0. The minimum absolute atomic E-state index is 0.179. The highest BCUT2D eigenvalue weighted by molar-refractivity contribution is 5.84. The van der Waals surface area contributed by atoms with E-state index in [0.717, 1.165) is 16.7 Å². The molecule has 0 aliphatic rings. The van der Waals surface area contributed by atoms with E-state index in [0.29, 0.717) is 18.3 Å². The summed E-state index contributed by atoms with van der Waals surface area (Å²) in [5.74, 6) is 1.09. The van der Waals surface area contributed by atoms with Crippen LogP contribution in [0.4, 0.5) is 11.8 Å². The number of nitrogens with two attached hydrogens (primary N) is 1. The maximum atomic E-state index is 9.68. The van der Waals surface area contributed by atoms with Crippen molar-refractivity contribution in [3.63, 3.8) is 0 Å². The molecule has 0 fully saturated rings. The van der Waals surface area contributed by atoms with Crippen LogP contribution in [0.5, 0.6) is 0 Å². The van der Waals surface area contributed by atoms with E-state index in [9.17, 15) is 5.11 Å². The number of fused-ring (bicyclic) bond motifs is 1. The monoisotopic (exact) mass is 355 g/mol. The second-order valence-corrected chi connectivity index (χ2v) is 6.42. The molecule has 0 saturated carbocycles. The van der Waals surface area contributed by atoms with Crippen molar-refractivity contribution < 1.29 is 5.11 Å². The number of hydrogen-bond donors (Lipinski definition) is 4. The van der Waals surface area contributed by atoms with Gasteiger partial charge in [-0.05, 0) is 19.4 Å². The Morgan fingerprint density at radius 1 is 1.15 bits per heavy atom. The van der Waals surface area contributed by atoms with Gasteiger partial charge in [-0.2, -0.15) is 9.97 Å². The van der Waals surface area contributed by atoms with Gasteiger partial charge in [0.15, 0.2) is 17.0 Å². The van der Waals surface area contributed by atoms with Gasteiger partial charge in [0.1, 0.15) is 0 Å². The smallest absolute Gasteiger partial charge is 0.226 e. The highest BCUT2D eigenvalue weighted by atomic mass is 16.3. The van der Waals surface area contributed by atoms with Crippen LogP contribution in [0.15, 0.2) is 36.7 Å². The van der Waals surface area contributed by atoms with Crippen LogP contribution < -0.4 is 16.4 Å². The quantitative estimate of drug-likeness (QED) is 0.487. The number of anilines is 2. The Kier molecular flexibility index (Phi) is 5.65. The number of hydrogen-bond acceptors (Lipinski definition) is 7. The summed E-state index contributed by atoms with van der Waals surface area (Å²) in [6.07, 6.45) is 1.13. The molecule has 0 aliphatic carbocycles. The molecule has 1 aromatic carbocycles. The van der Waals surface area contributed by atoms with Crippen LogP contribution in [0, 0.1) is 0 Å².